The van der Waals surface area contributed by atoms with Gasteiger partial charge in [-0.3, -0.25) is 38.8 Å². The second-order valence-corrected chi connectivity index (χ2v) is 16.8. The number of methoxy groups -OCH3 is 2. The third-order valence-electron chi connectivity index (χ3n) is 9.54. The number of nitrogens with two attached hydrogens (primary N) is 3. The summed E-state index contributed by atoms with van der Waals surface area (Å²) >= 11 is 1.68. The van der Waals surface area contributed by atoms with Crippen molar-refractivity contribution in [1.82, 2.24) is 0 Å². The molecule has 2 aromatic rings. The largest absolute Gasteiger partial charge is 0.469 e. The van der Waals surface area contributed by atoms with Crippen LogP contribution in [0.3, 0.4) is 0 Å². The molecule has 2 aromatic carbocycles. The summed E-state index contributed by atoms with van der Waals surface area (Å²) in [5, 5.41) is 9.81. The van der Waals surface area contributed by atoms with Crippen LogP contribution in [0, 0.1) is 0 Å². The Hall–Kier alpha value is -6.08. The number of benzene rings is 2. The van der Waals surface area contributed by atoms with Crippen LogP contribution in [0.1, 0.15) is 82.3 Å². The number of nitrogens with zero attached hydrogens (tertiary/aromatic N) is 2. The normalized spacial score (nSPS) is 12.6. The van der Waals surface area contributed by atoms with Crippen molar-refractivity contribution in [2.75, 3.05) is 60.1 Å². The molecule has 0 spiro atoms. The van der Waals surface area contributed by atoms with Gasteiger partial charge in [0.25, 0.3) is 11.8 Å². The molecule has 372 valence electrons. The van der Waals surface area contributed by atoms with Gasteiger partial charge < -0.3 is 47.9 Å². The van der Waals surface area contributed by atoms with Gasteiger partial charge >= 0.3 is 24.3 Å². The monoisotopic (exact) mass is 1000 g/mol. The fourth-order valence-electron chi connectivity index (χ4n) is 6.11. The van der Waals surface area contributed by atoms with Crippen LogP contribution in [0.2, 0.25) is 0 Å². The molecule has 0 atom stereocenters. The number of halogens is 6. The Morgan fingerprint density at radius 2 is 1.15 bits per heavy atom. The summed E-state index contributed by atoms with van der Waals surface area (Å²) in [6.45, 7) is 2.13. The molecule has 1 heterocycles. The number of carbonyl (C=O) groups excluding carboxylic acids is 6. The number of unbranched alkanes of at least 4 members (excludes halogenated alkanes) is 2. The lowest BCUT2D eigenvalue weighted by Gasteiger charge is -2.20. The molecule has 0 saturated heterocycles. The lowest BCUT2D eigenvalue weighted by molar-refractivity contribution is -0.141. The van der Waals surface area contributed by atoms with E-state index in [1.165, 1.54) is 6.21 Å². The highest BCUT2D eigenvalue weighted by atomic mass is 32.2. The Morgan fingerprint density at radius 1 is 0.691 bits per heavy atom. The van der Waals surface area contributed by atoms with E-state index in [2.05, 4.69) is 40.7 Å². The third kappa shape index (κ3) is 18.2. The Balaban J connectivity index is 2.13. The van der Waals surface area contributed by atoms with Crippen molar-refractivity contribution in [2.24, 2.45) is 27.2 Å². The maximum Gasteiger partial charge on any atom is 0.416 e. The van der Waals surface area contributed by atoms with E-state index in [9.17, 15) is 55.1 Å². The summed E-state index contributed by atoms with van der Waals surface area (Å²) in [6.07, 6.45) is -6.80. The highest BCUT2D eigenvalue weighted by molar-refractivity contribution is 7.99. The second-order valence-electron chi connectivity index (χ2n) is 14.6. The van der Waals surface area contributed by atoms with Gasteiger partial charge in [-0.1, -0.05) is 12.5 Å². The average Bonchev–Trinajstić information content (AvgIpc) is 3.50. The van der Waals surface area contributed by atoms with Crippen LogP contribution in [0.25, 0.3) is 0 Å². The summed E-state index contributed by atoms with van der Waals surface area (Å²) < 4.78 is 95.6. The number of esters is 2. The van der Waals surface area contributed by atoms with Crippen LogP contribution < -0.4 is 38.5 Å². The topological polar surface area (TPSA) is 272 Å². The molecule has 0 unspecified atom stereocenters. The van der Waals surface area contributed by atoms with Crippen LogP contribution in [-0.2, 0) is 50.6 Å². The molecule has 68 heavy (non-hydrogen) atoms. The highest BCUT2D eigenvalue weighted by Crippen LogP contribution is 2.43. The minimum absolute atomic E-state index is 0.0428. The molecule has 4 amide bonds. The van der Waals surface area contributed by atoms with E-state index in [0.717, 1.165) is 43.8 Å². The maximum absolute atomic E-state index is 14.4. The first-order chi connectivity index (χ1) is 32.1. The van der Waals surface area contributed by atoms with Crippen LogP contribution in [0.15, 0.2) is 67.0 Å². The molecule has 0 radical (unpaired) electrons. The van der Waals surface area contributed by atoms with Crippen molar-refractivity contribution in [3.05, 3.63) is 58.3 Å². The number of guanidine groups is 1. The number of nitrogens with one attached hydrogen (secondary N) is 4. The molecular formula is C43H53F6N9O8S2. The van der Waals surface area contributed by atoms with E-state index in [1.807, 2.05) is 0 Å². The number of alkyl halides is 6. The minimum Gasteiger partial charge on any atom is -0.469 e. The number of allylic oxidation sites excluding steroid dienone is 1. The fraction of sp³-hybridized carbons (Fsp3) is 0.442. The molecule has 3 rings (SSSR count). The first kappa shape index (κ1) is 56.2. The molecule has 10 N–H and O–H groups in total. The zero-order valence-electron chi connectivity index (χ0n) is 37.3. The predicted molar refractivity (Wildman–Crippen MR) is 248 cm³/mol. The first-order valence-corrected chi connectivity index (χ1v) is 22.9. The summed E-state index contributed by atoms with van der Waals surface area (Å²) in [5.41, 5.74) is 11.7. The number of aliphatic imine (C=N–C) groups is 2. The summed E-state index contributed by atoms with van der Waals surface area (Å²) in [7, 11) is 2.28. The van der Waals surface area contributed by atoms with E-state index in [4.69, 9.17) is 17.2 Å². The molecule has 1 aliphatic rings. The van der Waals surface area contributed by atoms with Crippen molar-refractivity contribution in [3.8, 4) is 0 Å². The van der Waals surface area contributed by atoms with Gasteiger partial charge in [-0.25, -0.2) is 0 Å². The smallest absolute Gasteiger partial charge is 0.416 e. The van der Waals surface area contributed by atoms with E-state index >= 15 is 0 Å². The summed E-state index contributed by atoms with van der Waals surface area (Å²) in [4.78, 5) is 86.1. The average molecular weight is 1000 g/mol. The van der Waals surface area contributed by atoms with Crippen molar-refractivity contribution < 1.29 is 64.6 Å². The van der Waals surface area contributed by atoms with Crippen molar-refractivity contribution in [2.45, 2.75) is 93.3 Å². The van der Waals surface area contributed by atoms with Gasteiger partial charge in [0.1, 0.15) is 5.70 Å². The number of amides is 4. The zero-order valence-corrected chi connectivity index (χ0v) is 39.0. The van der Waals surface area contributed by atoms with Gasteiger partial charge in [0, 0.05) is 49.1 Å². The Kier molecular flexibility index (Phi) is 22.4. The Labute approximate surface area is 396 Å². The molecule has 0 fully saturated rings. The lowest BCUT2D eigenvalue weighted by Crippen LogP contribution is -2.23. The number of hydrogen-bond acceptors (Lipinski definition) is 13. The van der Waals surface area contributed by atoms with Gasteiger partial charge in [0.2, 0.25) is 11.8 Å². The van der Waals surface area contributed by atoms with Crippen molar-refractivity contribution >= 4 is 94.0 Å². The van der Waals surface area contributed by atoms with Crippen LogP contribution >= 0.6 is 23.5 Å². The molecule has 1 aliphatic heterocycles. The van der Waals surface area contributed by atoms with Gasteiger partial charge in [-0.05, 0) is 69.0 Å². The third-order valence-corrected chi connectivity index (χ3v) is 11.8. The number of anilines is 4. The van der Waals surface area contributed by atoms with E-state index in [-0.39, 0.29) is 102 Å². The van der Waals surface area contributed by atoms with Crippen molar-refractivity contribution in [1.29, 1.82) is 0 Å². The summed E-state index contributed by atoms with van der Waals surface area (Å²) in [5.74, 6) is -5.06. The first-order valence-electron chi connectivity index (χ1n) is 20.9. The van der Waals surface area contributed by atoms with Gasteiger partial charge in [0.05, 0.1) is 70.7 Å². The lowest BCUT2D eigenvalue weighted by atomic mass is 10.0. The molecule has 0 bridgehead atoms. The molecule has 0 aromatic heterocycles. The zero-order chi connectivity index (χ0) is 50.6. The van der Waals surface area contributed by atoms with E-state index in [1.54, 1.807) is 6.92 Å². The molecular weight excluding hydrogens is 949 g/mol. The fourth-order valence-corrected chi connectivity index (χ4v) is 8.11. The number of hydrogen-bond donors (Lipinski definition) is 7. The van der Waals surface area contributed by atoms with Gasteiger partial charge in [0.15, 0.2) is 5.96 Å². The van der Waals surface area contributed by atoms with Crippen LogP contribution in [-0.4, -0.2) is 86.6 Å². The Bertz CT molecular complexity index is 2300. The van der Waals surface area contributed by atoms with Crippen LogP contribution in [0.5, 0.6) is 0 Å². The number of carbonyl (C=O) groups is 6. The molecule has 0 saturated carbocycles. The molecule has 25 heteroatoms. The highest BCUT2D eigenvalue weighted by Gasteiger charge is 2.35. The van der Waals surface area contributed by atoms with Gasteiger partial charge in [-0.2, -0.15) is 26.3 Å². The maximum atomic E-state index is 14.4. The predicted octanol–water partition coefficient (Wildman–Crippen LogP) is 7.13. The van der Waals surface area contributed by atoms with E-state index in [0.29, 0.717) is 49.1 Å². The molecule has 0 aliphatic carbocycles. The summed E-state index contributed by atoms with van der Waals surface area (Å²) in [6, 6.07) is 2.63. The van der Waals surface area contributed by atoms with Crippen molar-refractivity contribution in [3.63, 3.8) is 0 Å². The van der Waals surface area contributed by atoms with Crippen LogP contribution in [0.4, 0.5) is 49.1 Å². The number of rotatable bonds is 24. The van der Waals surface area contributed by atoms with E-state index < -0.39 is 76.1 Å². The SMILES string of the molecule is CCC1=C(C(=O)Nc2cc(C(F)(F)F)cc(NC(=O)CCCCN=C(N)N)c2SCCC(=O)OC)C=C(C(=O)Nc2cc(C(F)(F)F)cc(NC(=O)CCCCN)c2SCCC(=O)OC)N=CC1. The molecule has 17 nitrogen and oxygen atoms in total. The number of ether oxygens (including phenoxy) is 2. The second kappa shape index (κ2) is 27.1. The minimum atomic E-state index is -4.99. The number of thioether (sulfide) groups is 2. The quantitative estimate of drug-likeness (QED) is 0.0138. The van der Waals surface area contributed by atoms with Gasteiger partial charge in [-0.15, -0.1) is 23.5 Å². The standard InChI is InChI=1S/C43H53F6N9O8S2/c1-4-24-11-16-53-32(40(64)58-31-22-26(43(47,48)49)20-29(55-33(59)9-5-7-14-50)38(31)68-18-13-36(62)66-3)23-27(24)39(63)57-30-21-25(42(44,45)46)19-28(37(30)67-17-12-35(61)65-2)56-34(60)10-6-8-15-54-41(51)52/h16,19-23H,4-15,17-18,50H2,1-3H3,(H,55,59)(H,56,60)(H,57,63)(H,58,64)(H4,51,52,54). The Morgan fingerprint density at radius 3 is 1.57 bits per heavy atom.